The normalized spacial score (nSPS) is 47.2. The zero-order valence-corrected chi connectivity index (χ0v) is 11.0. The van der Waals surface area contributed by atoms with E-state index in [2.05, 4.69) is 19.6 Å². The van der Waals surface area contributed by atoms with Crippen LogP contribution in [0.5, 0.6) is 0 Å². The van der Waals surface area contributed by atoms with E-state index < -0.39 is 5.60 Å². The molecule has 2 aliphatic carbocycles. The van der Waals surface area contributed by atoms with Gasteiger partial charge in [-0.2, -0.15) is 0 Å². The van der Waals surface area contributed by atoms with Crippen LogP contribution in [0.15, 0.2) is 23.8 Å². The molecule has 18 heavy (non-hydrogen) atoms. The Morgan fingerprint density at radius 1 is 1.56 bits per heavy atom. The fourth-order valence-electron chi connectivity index (χ4n) is 3.80. The molecule has 0 aromatic heterocycles. The lowest BCUT2D eigenvalue weighted by molar-refractivity contribution is -0.139. The lowest BCUT2D eigenvalue weighted by Gasteiger charge is -2.24. The number of hydrogen-bond donors (Lipinski definition) is 1. The van der Waals surface area contributed by atoms with E-state index in [1.165, 1.54) is 0 Å². The molecule has 0 radical (unpaired) electrons. The van der Waals surface area contributed by atoms with Crippen molar-refractivity contribution in [3.63, 3.8) is 0 Å². The van der Waals surface area contributed by atoms with Gasteiger partial charge in [-0.05, 0) is 43.6 Å². The topological polar surface area (TPSA) is 46.5 Å². The number of rotatable bonds is 0. The van der Waals surface area contributed by atoms with Crippen LogP contribution >= 0.6 is 0 Å². The molecule has 5 atom stereocenters. The molecule has 0 aromatic carbocycles. The number of esters is 1. The highest BCUT2D eigenvalue weighted by Gasteiger charge is 2.48. The summed E-state index contributed by atoms with van der Waals surface area (Å²) < 4.78 is 5.40. The third-order valence-electron chi connectivity index (χ3n) is 4.94. The summed E-state index contributed by atoms with van der Waals surface area (Å²) in [6.45, 7) is 7.92. The van der Waals surface area contributed by atoms with E-state index in [-0.39, 0.29) is 18.0 Å². The minimum atomic E-state index is -0.722. The SMILES string of the molecule is C=C1C(=O)OC2CC(C)C3CCC(C)(O)C3=CC12. The van der Waals surface area contributed by atoms with E-state index in [4.69, 9.17) is 4.74 Å². The van der Waals surface area contributed by atoms with Crippen LogP contribution < -0.4 is 0 Å². The molecule has 2 fully saturated rings. The van der Waals surface area contributed by atoms with Gasteiger partial charge in [0, 0.05) is 11.5 Å². The third kappa shape index (κ3) is 1.57. The molecule has 3 nitrogen and oxygen atoms in total. The first-order valence-electron chi connectivity index (χ1n) is 6.74. The number of carbonyl (C=O) groups is 1. The first-order chi connectivity index (χ1) is 8.40. The van der Waals surface area contributed by atoms with E-state index in [1.807, 2.05) is 6.92 Å². The van der Waals surface area contributed by atoms with E-state index >= 15 is 0 Å². The van der Waals surface area contributed by atoms with Gasteiger partial charge in [-0.15, -0.1) is 0 Å². The summed E-state index contributed by atoms with van der Waals surface area (Å²) in [5.74, 6) is 0.561. The monoisotopic (exact) mass is 248 g/mol. The minimum absolute atomic E-state index is 0.0375. The van der Waals surface area contributed by atoms with Gasteiger partial charge in [0.2, 0.25) is 0 Å². The molecule has 1 N–H and O–H groups in total. The molecule has 5 unspecified atom stereocenters. The highest BCUT2D eigenvalue weighted by molar-refractivity contribution is 5.91. The maximum absolute atomic E-state index is 11.6. The van der Waals surface area contributed by atoms with Crippen molar-refractivity contribution in [2.45, 2.75) is 44.8 Å². The predicted octanol–water partition coefficient (Wildman–Crippen LogP) is 2.21. The van der Waals surface area contributed by atoms with Crippen molar-refractivity contribution >= 4 is 5.97 Å². The molecular formula is C15H20O3. The number of carbonyl (C=O) groups excluding carboxylic acids is 1. The molecule has 0 aromatic rings. The van der Waals surface area contributed by atoms with Gasteiger partial charge in [0.1, 0.15) is 6.10 Å². The summed E-state index contributed by atoms with van der Waals surface area (Å²) in [5, 5.41) is 10.5. The zero-order chi connectivity index (χ0) is 13.1. The molecule has 0 bridgehead atoms. The fourth-order valence-corrected chi connectivity index (χ4v) is 3.80. The van der Waals surface area contributed by atoms with Crippen LogP contribution in [0.25, 0.3) is 0 Å². The summed E-state index contributed by atoms with van der Waals surface area (Å²) in [4.78, 5) is 11.6. The van der Waals surface area contributed by atoms with Crippen molar-refractivity contribution < 1.29 is 14.6 Å². The van der Waals surface area contributed by atoms with Gasteiger partial charge in [-0.1, -0.05) is 19.6 Å². The van der Waals surface area contributed by atoms with Crippen LogP contribution in [0.2, 0.25) is 0 Å². The molecule has 1 saturated carbocycles. The molecule has 3 rings (SSSR count). The lowest BCUT2D eigenvalue weighted by Crippen LogP contribution is -2.24. The molecule has 98 valence electrons. The second kappa shape index (κ2) is 3.70. The molecule has 1 heterocycles. The molecule has 0 amide bonds. The second-order valence-electron chi connectivity index (χ2n) is 6.25. The molecule has 1 aliphatic heterocycles. The van der Waals surface area contributed by atoms with Crippen LogP contribution in [0.1, 0.15) is 33.1 Å². The highest BCUT2D eigenvalue weighted by atomic mass is 16.6. The fraction of sp³-hybridized carbons (Fsp3) is 0.667. The Morgan fingerprint density at radius 3 is 3.00 bits per heavy atom. The Hall–Kier alpha value is -1.09. The van der Waals surface area contributed by atoms with Crippen molar-refractivity contribution in [1.82, 2.24) is 0 Å². The number of aliphatic hydroxyl groups is 1. The lowest BCUT2D eigenvalue weighted by atomic mass is 9.85. The second-order valence-corrected chi connectivity index (χ2v) is 6.25. The van der Waals surface area contributed by atoms with Gasteiger partial charge >= 0.3 is 5.97 Å². The van der Waals surface area contributed by atoms with Gasteiger partial charge in [0.15, 0.2) is 0 Å². The zero-order valence-electron chi connectivity index (χ0n) is 11.0. The Balaban J connectivity index is 2.04. The number of ether oxygens (including phenoxy) is 1. The maximum atomic E-state index is 11.6. The van der Waals surface area contributed by atoms with Crippen LogP contribution in [-0.2, 0) is 9.53 Å². The van der Waals surface area contributed by atoms with Gasteiger partial charge in [-0.3, -0.25) is 0 Å². The summed E-state index contributed by atoms with van der Waals surface area (Å²) in [6.07, 6.45) is 4.70. The summed E-state index contributed by atoms with van der Waals surface area (Å²) in [5.41, 5.74) is 0.921. The quantitative estimate of drug-likeness (QED) is 0.406. The van der Waals surface area contributed by atoms with Gasteiger partial charge in [0.25, 0.3) is 0 Å². The molecule has 3 aliphatic rings. The number of hydrogen-bond acceptors (Lipinski definition) is 3. The van der Waals surface area contributed by atoms with E-state index in [0.29, 0.717) is 17.4 Å². The summed E-state index contributed by atoms with van der Waals surface area (Å²) >= 11 is 0. The average Bonchev–Trinajstić information content (AvgIpc) is 2.65. The Morgan fingerprint density at radius 2 is 2.28 bits per heavy atom. The van der Waals surface area contributed by atoms with Crippen LogP contribution in [-0.4, -0.2) is 22.8 Å². The Bertz CT molecular complexity index is 447. The van der Waals surface area contributed by atoms with Gasteiger partial charge < -0.3 is 9.84 Å². The molecular weight excluding hydrogens is 228 g/mol. The Kier molecular flexibility index (Phi) is 2.46. The van der Waals surface area contributed by atoms with Crippen molar-refractivity contribution in [3.05, 3.63) is 23.8 Å². The standard InChI is InChI=1S/C15H20O3/c1-8-6-13-11(9(2)14(16)18-13)7-12-10(8)4-5-15(12,3)17/h7-8,10-11,13,17H,2,4-6H2,1,3H3. The van der Waals surface area contributed by atoms with Gasteiger partial charge in [-0.25, -0.2) is 4.79 Å². The maximum Gasteiger partial charge on any atom is 0.334 e. The minimum Gasteiger partial charge on any atom is -0.458 e. The van der Waals surface area contributed by atoms with Crippen LogP contribution in [0.3, 0.4) is 0 Å². The molecule has 0 spiro atoms. The van der Waals surface area contributed by atoms with Crippen molar-refractivity contribution in [2.75, 3.05) is 0 Å². The average molecular weight is 248 g/mol. The van der Waals surface area contributed by atoms with E-state index in [9.17, 15) is 9.90 Å². The summed E-state index contributed by atoms with van der Waals surface area (Å²) in [6, 6.07) is 0. The van der Waals surface area contributed by atoms with Crippen LogP contribution in [0, 0.1) is 17.8 Å². The largest absolute Gasteiger partial charge is 0.458 e. The third-order valence-corrected chi connectivity index (χ3v) is 4.94. The first kappa shape index (κ1) is 12.0. The molecule has 3 heteroatoms. The van der Waals surface area contributed by atoms with Crippen molar-refractivity contribution in [1.29, 1.82) is 0 Å². The smallest absolute Gasteiger partial charge is 0.334 e. The van der Waals surface area contributed by atoms with Crippen molar-refractivity contribution in [3.8, 4) is 0 Å². The first-order valence-corrected chi connectivity index (χ1v) is 6.74. The van der Waals surface area contributed by atoms with Crippen molar-refractivity contribution in [2.24, 2.45) is 17.8 Å². The number of fused-ring (bicyclic) bond motifs is 2. The van der Waals surface area contributed by atoms with E-state index in [0.717, 1.165) is 24.8 Å². The van der Waals surface area contributed by atoms with Gasteiger partial charge in [0.05, 0.1) is 5.60 Å². The molecule has 1 saturated heterocycles. The van der Waals surface area contributed by atoms with Crippen LogP contribution in [0.4, 0.5) is 0 Å². The highest BCUT2D eigenvalue weighted by Crippen LogP contribution is 2.49. The summed E-state index contributed by atoms with van der Waals surface area (Å²) in [7, 11) is 0. The Labute approximate surface area is 108 Å². The predicted molar refractivity (Wildman–Crippen MR) is 67.7 cm³/mol. The van der Waals surface area contributed by atoms with E-state index in [1.54, 1.807) is 0 Å².